The van der Waals surface area contributed by atoms with Crippen LogP contribution in [0.3, 0.4) is 0 Å². The summed E-state index contributed by atoms with van der Waals surface area (Å²) in [7, 11) is 2.10. The number of hydrogen-bond donors (Lipinski definition) is 0. The number of likely N-dealkylation sites (tertiary alicyclic amines) is 1. The minimum Gasteiger partial charge on any atom is -0.380 e. The van der Waals surface area contributed by atoms with E-state index in [9.17, 15) is 0 Å². The molecule has 116 valence electrons. The zero-order chi connectivity index (χ0) is 14.2. The number of hydrogen-bond acceptors (Lipinski definition) is 4. The van der Waals surface area contributed by atoms with Crippen molar-refractivity contribution < 1.29 is 4.74 Å². The lowest BCUT2D eigenvalue weighted by molar-refractivity contribution is 0.141. The standard InChI is InChI=1S/C16H26N4O/c1-18-16-11-20(13-5-8-21-12-13)9-14(16)15(17-18)10-19-6-3-2-4-7-19/h13H,2-12H2,1H3/t13-/m0/s1. The number of aryl methyl sites for hydroxylation is 1. The highest BCUT2D eigenvalue weighted by Crippen LogP contribution is 2.30. The Morgan fingerprint density at radius 1 is 1.19 bits per heavy atom. The van der Waals surface area contributed by atoms with Crippen LogP contribution >= 0.6 is 0 Å². The highest BCUT2D eigenvalue weighted by molar-refractivity contribution is 5.30. The Hall–Kier alpha value is -0.910. The highest BCUT2D eigenvalue weighted by atomic mass is 16.5. The van der Waals surface area contributed by atoms with Crippen molar-refractivity contribution >= 4 is 0 Å². The molecule has 0 aliphatic carbocycles. The van der Waals surface area contributed by atoms with Gasteiger partial charge in [-0.1, -0.05) is 6.42 Å². The predicted molar refractivity (Wildman–Crippen MR) is 80.8 cm³/mol. The van der Waals surface area contributed by atoms with Crippen LogP contribution in [-0.4, -0.2) is 51.9 Å². The summed E-state index contributed by atoms with van der Waals surface area (Å²) in [4.78, 5) is 5.16. The van der Waals surface area contributed by atoms with Gasteiger partial charge in [-0.3, -0.25) is 14.5 Å². The third-order valence-electron chi connectivity index (χ3n) is 5.32. The molecule has 21 heavy (non-hydrogen) atoms. The monoisotopic (exact) mass is 290 g/mol. The molecule has 0 unspecified atom stereocenters. The van der Waals surface area contributed by atoms with E-state index in [4.69, 9.17) is 9.84 Å². The molecule has 1 aromatic heterocycles. The summed E-state index contributed by atoms with van der Waals surface area (Å²) in [6.45, 7) is 7.47. The van der Waals surface area contributed by atoms with E-state index in [1.54, 1.807) is 0 Å². The second-order valence-electron chi connectivity index (χ2n) is 6.75. The van der Waals surface area contributed by atoms with Crippen LogP contribution in [0.2, 0.25) is 0 Å². The SMILES string of the molecule is Cn1nc(CN2CCCCC2)c2c1CN([C@H]1CCOC1)C2. The summed E-state index contributed by atoms with van der Waals surface area (Å²) >= 11 is 0. The van der Waals surface area contributed by atoms with Gasteiger partial charge in [-0.15, -0.1) is 0 Å². The molecule has 1 aromatic rings. The summed E-state index contributed by atoms with van der Waals surface area (Å²) in [5.41, 5.74) is 4.24. The summed E-state index contributed by atoms with van der Waals surface area (Å²) in [6, 6.07) is 0.611. The Morgan fingerprint density at radius 2 is 2.05 bits per heavy atom. The molecular formula is C16H26N4O. The van der Waals surface area contributed by atoms with Crippen molar-refractivity contribution in [1.82, 2.24) is 19.6 Å². The van der Waals surface area contributed by atoms with Crippen molar-refractivity contribution in [2.24, 2.45) is 7.05 Å². The molecule has 3 aliphatic heterocycles. The largest absolute Gasteiger partial charge is 0.380 e. The van der Waals surface area contributed by atoms with Crippen molar-refractivity contribution in [2.45, 2.75) is 51.4 Å². The fraction of sp³-hybridized carbons (Fsp3) is 0.812. The van der Waals surface area contributed by atoms with Crippen molar-refractivity contribution in [2.75, 3.05) is 26.3 Å². The Balaban J connectivity index is 1.49. The van der Waals surface area contributed by atoms with Gasteiger partial charge in [0.2, 0.25) is 0 Å². The number of nitrogens with zero attached hydrogens (tertiary/aromatic N) is 4. The van der Waals surface area contributed by atoms with Crippen LogP contribution in [0.5, 0.6) is 0 Å². The lowest BCUT2D eigenvalue weighted by atomic mass is 10.1. The van der Waals surface area contributed by atoms with Crippen LogP contribution in [0, 0.1) is 0 Å². The smallest absolute Gasteiger partial charge is 0.0813 e. The Labute approximate surface area is 126 Å². The first kappa shape index (κ1) is 13.7. The molecule has 0 radical (unpaired) electrons. The van der Waals surface area contributed by atoms with Gasteiger partial charge in [0.25, 0.3) is 0 Å². The third-order valence-corrected chi connectivity index (χ3v) is 5.32. The van der Waals surface area contributed by atoms with Crippen LogP contribution in [0.15, 0.2) is 0 Å². The van der Waals surface area contributed by atoms with Gasteiger partial charge in [-0.2, -0.15) is 5.10 Å². The number of aromatic nitrogens is 2. The molecule has 4 rings (SSSR count). The summed E-state index contributed by atoms with van der Waals surface area (Å²) < 4.78 is 7.67. The number of piperidine rings is 1. The van der Waals surface area contributed by atoms with Crippen molar-refractivity contribution in [3.05, 3.63) is 17.0 Å². The topological polar surface area (TPSA) is 33.5 Å². The van der Waals surface area contributed by atoms with Gasteiger partial charge in [0.15, 0.2) is 0 Å². The molecule has 2 saturated heterocycles. The maximum Gasteiger partial charge on any atom is 0.0813 e. The van der Waals surface area contributed by atoms with Crippen molar-refractivity contribution in [3.8, 4) is 0 Å². The Morgan fingerprint density at radius 3 is 2.81 bits per heavy atom. The van der Waals surface area contributed by atoms with Gasteiger partial charge in [0, 0.05) is 44.9 Å². The molecule has 5 nitrogen and oxygen atoms in total. The van der Waals surface area contributed by atoms with E-state index in [0.29, 0.717) is 6.04 Å². The van der Waals surface area contributed by atoms with Crippen LogP contribution in [0.4, 0.5) is 0 Å². The quantitative estimate of drug-likeness (QED) is 0.845. The number of rotatable bonds is 3. The maximum absolute atomic E-state index is 5.55. The second-order valence-corrected chi connectivity index (χ2v) is 6.75. The van der Waals surface area contributed by atoms with Gasteiger partial charge in [-0.25, -0.2) is 0 Å². The fourth-order valence-corrected chi connectivity index (χ4v) is 4.02. The predicted octanol–water partition coefficient (Wildman–Crippen LogP) is 1.51. The highest BCUT2D eigenvalue weighted by Gasteiger charge is 2.33. The van der Waals surface area contributed by atoms with E-state index in [-0.39, 0.29) is 0 Å². The van der Waals surface area contributed by atoms with Crippen molar-refractivity contribution in [3.63, 3.8) is 0 Å². The van der Waals surface area contributed by atoms with Crippen LogP contribution in [-0.2, 0) is 31.4 Å². The van der Waals surface area contributed by atoms with E-state index in [1.807, 2.05) is 0 Å². The van der Waals surface area contributed by atoms with Crippen molar-refractivity contribution in [1.29, 1.82) is 0 Å². The van der Waals surface area contributed by atoms with E-state index in [1.165, 1.54) is 55.7 Å². The molecule has 0 saturated carbocycles. The maximum atomic E-state index is 5.55. The minimum atomic E-state index is 0.611. The number of ether oxygens (including phenoxy) is 1. The lowest BCUT2D eigenvalue weighted by Crippen LogP contribution is -2.32. The summed E-state index contributed by atoms with van der Waals surface area (Å²) in [5, 5.41) is 4.80. The molecule has 0 N–H and O–H groups in total. The van der Waals surface area contributed by atoms with E-state index in [2.05, 4.69) is 21.5 Å². The van der Waals surface area contributed by atoms with Crippen LogP contribution in [0.1, 0.15) is 42.6 Å². The van der Waals surface area contributed by atoms with Crippen LogP contribution < -0.4 is 0 Å². The molecule has 0 amide bonds. The van der Waals surface area contributed by atoms with E-state index >= 15 is 0 Å². The van der Waals surface area contributed by atoms with Gasteiger partial charge in [-0.05, 0) is 32.4 Å². The van der Waals surface area contributed by atoms with E-state index in [0.717, 1.165) is 32.8 Å². The van der Waals surface area contributed by atoms with Gasteiger partial charge >= 0.3 is 0 Å². The number of fused-ring (bicyclic) bond motifs is 1. The molecule has 2 fully saturated rings. The first-order chi connectivity index (χ1) is 10.3. The van der Waals surface area contributed by atoms with E-state index < -0.39 is 0 Å². The zero-order valence-electron chi connectivity index (χ0n) is 13.1. The molecule has 4 heterocycles. The Bertz CT molecular complexity index is 501. The average Bonchev–Trinajstić information content (AvgIpc) is 3.20. The van der Waals surface area contributed by atoms with Crippen LogP contribution in [0.25, 0.3) is 0 Å². The zero-order valence-corrected chi connectivity index (χ0v) is 13.1. The fourth-order valence-electron chi connectivity index (χ4n) is 4.02. The molecule has 0 aromatic carbocycles. The van der Waals surface area contributed by atoms with Gasteiger partial charge in [0.05, 0.1) is 18.0 Å². The minimum absolute atomic E-state index is 0.611. The molecule has 1 atom stereocenters. The lowest BCUT2D eigenvalue weighted by Gasteiger charge is -2.26. The molecule has 0 spiro atoms. The molecule has 3 aliphatic rings. The van der Waals surface area contributed by atoms with Gasteiger partial charge in [0.1, 0.15) is 0 Å². The summed E-state index contributed by atoms with van der Waals surface area (Å²) in [6.07, 6.45) is 5.27. The third kappa shape index (κ3) is 2.62. The average molecular weight is 290 g/mol. The first-order valence-electron chi connectivity index (χ1n) is 8.39. The molecular weight excluding hydrogens is 264 g/mol. The second kappa shape index (κ2) is 5.71. The molecule has 0 bridgehead atoms. The molecule has 5 heteroatoms. The normalized spacial score (nSPS) is 27.4. The summed E-state index contributed by atoms with van der Waals surface area (Å²) in [5.74, 6) is 0. The Kier molecular flexibility index (Phi) is 3.73. The first-order valence-corrected chi connectivity index (χ1v) is 8.39. The van der Waals surface area contributed by atoms with Gasteiger partial charge < -0.3 is 4.74 Å².